The van der Waals surface area contributed by atoms with Crippen LogP contribution >= 0.6 is 0 Å². The first-order valence-corrected chi connectivity index (χ1v) is 8.66. The second-order valence-electron chi connectivity index (χ2n) is 7.53. The summed E-state index contributed by atoms with van der Waals surface area (Å²) >= 11 is 0. The summed E-state index contributed by atoms with van der Waals surface area (Å²) in [5.41, 5.74) is -0.135. The van der Waals surface area contributed by atoms with Gasteiger partial charge >= 0.3 is 0 Å². The van der Waals surface area contributed by atoms with Crippen LogP contribution < -0.4 is 9.64 Å². The van der Waals surface area contributed by atoms with Gasteiger partial charge in [0.25, 0.3) is 0 Å². The lowest BCUT2D eigenvalue weighted by Crippen LogP contribution is -2.37. The molecule has 3 aliphatic rings. The number of ether oxygens (including phenoxy) is 1. The van der Waals surface area contributed by atoms with Crippen molar-refractivity contribution in [2.75, 3.05) is 31.6 Å². The molecule has 1 unspecified atom stereocenters. The maximum atomic E-state index is 12.6. The molecule has 0 aromatic heterocycles. The highest BCUT2D eigenvalue weighted by Crippen LogP contribution is 2.49. The largest absolute Gasteiger partial charge is 0.497 e. The van der Waals surface area contributed by atoms with E-state index in [1.807, 2.05) is 24.3 Å². The summed E-state index contributed by atoms with van der Waals surface area (Å²) in [5, 5.41) is 9.25. The standard InChI is InChI=1S/C19H21N3O3/c1-25-15-4-2-3-14(9-15)22-13-18(10-16(22)23)7-8-21(12-18)17(24)19(11-20)5-6-19/h2-4,9H,5-8,10,12-13H2,1H3. The minimum atomic E-state index is -0.777. The Morgan fingerprint density at radius 1 is 1.28 bits per heavy atom. The average molecular weight is 339 g/mol. The van der Waals surface area contributed by atoms with Crippen molar-refractivity contribution in [3.8, 4) is 11.8 Å². The Hall–Kier alpha value is -2.55. The summed E-state index contributed by atoms with van der Waals surface area (Å²) < 4.78 is 5.25. The average Bonchev–Trinajstić information content (AvgIpc) is 3.24. The fourth-order valence-corrected chi connectivity index (χ4v) is 4.09. The van der Waals surface area contributed by atoms with E-state index in [2.05, 4.69) is 6.07 Å². The SMILES string of the molecule is COc1cccc(N2CC3(CCN(C(=O)C4(C#N)CC4)C3)CC2=O)c1. The number of hydrogen-bond acceptors (Lipinski definition) is 4. The number of carbonyl (C=O) groups is 2. The molecule has 25 heavy (non-hydrogen) atoms. The molecule has 6 nitrogen and oxygen atoms in total. The zero-order chi connectivity index (χ0) is 17.7. The topological polar surface area (TPSA) is 73.6 Å². The van der Waals surface area contributed by atoms with E-state index < -0.39 is 5.41 Å². The van der Waals surface area contributed by atoms with Crippen LogP contribution in [-0.2, 0) is 9.59 Å². The van der Waals surface area contributed by atoms with E-state index in [9.17, 15) is 14.9 Å². The third kappa shape index (κ3) is 2.55. The van der Waals surface area contributed by atoms with E-state index >= 15 is 0 Å². The van der Waals surface area contributed by atoms with E-state index in [0.717, 1.165) is 17.9 Å². The van der Waals surface area contributed by atoms with Gasteiger partial charge in [-0.3, -0.25) is 9.59 Å². The van der Waals surface area contributed by atoms with Crippen molar-refractivity contribution in [1.82, 2.24) is 4.90 Å². The van der Waals surface area contributed by atoms with Crippen LogP contribution in [0, 0.1) is 22.2 Å². The van der Waals surface area contributed by atoms with Gasteiger partial charge in [-0.15, -0.1) is 0 Å². The number of rotatable bonds is 3. The van der Waals surface area contributed by atoms with Crippen LogP contribution in [0.15, 0.2) is 24.3 Å². The van der Waals surface area contributed by atoms with Crippen LogP contribution in [0.3, 0.4) is 0 Å². The molecule has 1 aromatic rings. The molecular formula is C19H21N3O3. The molecule has 130 valence electrons. The van der Waals surface area contributed by atoms with Crippen molar-refractivity contribution < 1.29 is 14.3 Å². The van der Waals surface area contributed by atoms with E-state index in [0.29, 0.717) is 38.9 Å². The normalized spacial score (nSPS) is 26.8. The lowest BCUT2D eigenvalue weighted by atomic mass is 9.86. The highest BCUT2D eigenvalue weighted by Gasteiger charge is 2.56. The van der Waals surface area contributed by atoms with Gasteiger partial charge in [-0.25, -0.2) is 0 Å². The minimum absolute atomic E-state index is 0.0424. The molecule has 2 aliphatic heterocycles. The molecule has 1 atom stereocenters. The molecule has 1 aliphatic carbocycles. The summed E-state index contributed by atoms with van der Waals surface area (Å²) in [6.07, 6.45) is 2.60. The van der Waals surface area contributed by atoms with Crippen molar-refractivity contribution >= 4 is 17.5 Å². The van der Waals surface area contributed by atoms with Gasteiger partial charge in [0.1, 0.15) is 11.2 Å². The summed E-state index contributed by atoms with van der Waals surface area (Å²) in [6, 6.07) is 9.68. The molecule has 0 radical (unpaired) electrons. The van der Waals surface area contributed by atoms with E-state index in [1.165, 1.54) is 0 Å². The van der Waals surface area contributed by atoms with E-state index in [4.69, 9.17) is 4.74 Å². The number of anilines is 1. The first kappa shape index (κ1) is 15.9. The molecule has 6 heteroatoms. The predicted molar refractivity (Wildman–Crippen MR) is 90.9 cm³/mol. The predicted octanol–water partition coefficient (Wildman–Crippen LogP) is 1.95. The van der Waals surface area contributed by atoms with Crippen molar-refractivity contribution in [2.45, 2.75) is 25.7 Å². The van der Waals surface area contributed by atoms with E-state index in [-0.39, 0.29) is 17.2 Å². The van der Waals surface area contributed by atoms with Gasteiger partial charge in [0.15, 0.2) is 0 Å². The van der Waals surface area contributed by atoms with Crippen LogP contribution in [0.4, 0.5) is 5.69 Å². The number of carbonyl (C=O) groups excluding carboxylic acids is 2. The van der Waals surface area contributed by atoms with Gasteiger partial charge in [0.05, 0.1) is 13.2 Å². The summed E-state index contributed by atoms with van der Waals surface area (Å²) in [5.74, 6) is 0.766. The summed E-state index contributed by atoms with van der Waals surface area (Å²) in [6.45, 7) is 1.82. The second-order valence-corrected chi connectivity index (χ2v) is 7.53. The van der Waals surface area contributed by atoms with Crippen molar-refractivity contribution in [3.63, 3.8) is 0 Å². The lowest BCUT2D eigenvalue weighted by Gasteiger charge is -2.25. The molecular weight excluding hydrogens is 318 g/mol. The zero-order valence-corrected chi connectivity index (χ0v) is 14.3. The second kappa shape index (κ2) is 5.48. The minimum Gasteiger partial charge on any atom is -0.497 e. The number of likely N-dealkylation sites (tertiary alicyclic amines) is 1. The Morgan fingerprint density at radius 2 is 2.08 bits per heavy atom. The quantitative estimate of drug-likeness (QED) is 0.844. The first-order valence-electron chi connectivity index (χ1n) is 8.66. The number of nitriles is 1. The third-order valence-corrected chi connectivity index (χ3v) is 5.78. The van der Waals surface area contributed by atoms with Crippen LogP contribution in [0.1, 0.15) is 25.7 Å². The highest BCUT2D eigenvalue weighted by molar-refractivity contribution is 5.97. The molecule has 0 N–H and O–H groups in total. The van der Waals surface area contributed by atoms with Gasteiger partial charge < -0.3 is 14.5 Å². The number of hydrogen-bond donors (Lipinski definition) is 0. The number of nitrogens with zero attached hydrogens (tertiary/aromatic N) is 3. The van der Waals surface area contributed by atoms with Crippen LogP contribution in [0.5, 0.6) is 5.75 Å². The molecule has 2 amide bonds. The Balaban J connectivity index is 1.50. The Morgan fingerprint density at radius 3 is 2.76 bits per heavy atom. The van der Waals surface area contributed by atoms with Crippen molar-refractivity contribution in [2.24, 2.45) is 10.8 Å². The molecule has 2 heterocycles. The smallest absolute Gasteiger partial charge is 0.243 e. The van der Waals surface area contributed by atoms with Gasteiger partial charge in [-0.2, -0.15) is 5.26 Å². The summed E-state index contributed by atoms with van der Waals surface area (Å²) in [4.78, 5) is 28.8. The Labute approximate surface area is 147 Å². The highest BCUT2D eigenvalue weighted by atomic mass is 16.5. The van der Waals surface area contributed by atoms with Crippen LogP contribution in [-0.4, -0.2) is 43.5 Å². The molecule has 1 aromatic carbocycles. The van der Waals surface area contributed by atoms with Gasteiger partial charge in [-0.05, 0) is 31.4 Å². The van der Waals surface area contributed by atoms with Crippen LogP contribution in [0.25, 0.3) is 0 Å². The molecule has 2 saturated heterocycles. The fourth-order valence-electron chi connectivity index (χ4n) is 4.09. The number of benzene rings is 1. The Bertz CT molecular complexity index is 780. The lowest BCUT2D eigenvalue weighted by molar-refractivity contribution is -0.134. The van der Waals surface area contributed by atoms with Crippen molar-refractivity contribution in [3.05, 3.63) is 24.3 Å². The molecule has 1 spiro atoms. The Kier molecular flexibility index (Phi) is 3.50. The van der Waals surface area contributed by atoms with Crippen molar-refractivity contribution in [1.29, 1.82) is 5.26 Å². The van der Waals surface area contributed by atoms with Gasteiger partial charge in [-0.1, -0.05) is 6.07 Å². The number of methoxy groups -OCH3 is 1. The maximum Gasteiger partial charge on any atom is 0.243 e. The van der Waals surface area contributed by atoms with Crippen LogP contribution in [0.2, 0.25) is 0 Å². The zero-order valence-electron chi connectivity index (χ0n) is 14.3. The monoisotopic (exact) mass is 339 g/mol. The first-order chi connectivity index (χ1) is 12.0. The molecule has 0 bridgehead atoms. The fraction of sp³-hybridized carbons (Fsp3) is 0.526. The maximum absolute atomic E-state index is 12.6. The van der Waals surface area contributed by atoms with E-state index in [1.54, 1.807) is 16.9 Å². The van der Waals surface area contributed by atoms with Gasteiger partial charge in [0, 0.05) is 43.2 Å². The molecule has 4 rings (SSSR count). The number of amides is 2. The molecule has 1 saturated carbocycles. The van der Waals surface area contributed by atoms with Gasteiger partial charge in [0.2, 0.25) is 11.8 Å². The third-order valence-electron chi connectivity index (χ3n) is 5.78. The molecule has 3 fully saturated rings. The summed E-state index contributed by atoms with van der Waals surface area (Å²) in [7, 11) is 1.61.